The maximum absolute atomic E-state index is 12.2. The molecule has 4 N–H and O–H groups in total. The Morgan fingerprint density at radius 2 is 1.95 bits per heavy atom. The molecule has 0 aliphatic carbocycles. The summed E-state index contributed by atoms with van der Waals surface area (Å²) in [6.07, 6.45) is 1.05. The number of amides is 2. The fourth-order valence-electron chi connectivity index (χ4n) is 1.59. The third kappa shape index (κ3) is 6.22. The SMILES string of the molecule is CCC(C)(C)NC(=O)c1ccc(NC(=O)CCN)cc1Cl.Cl. The molecule has 22 heavy (non-hydrogen) atoms. The monoisotopic (exact) mass is 347 g/mol. The van der Waals surface area contributed by atoms with Gasteiger partial charge in [-0.15, -0.1) is 12.4 Å². The third-order valence-electron chi connectivity index (χ3n) is 3.20. The Hall–Kier alpha value is -1.30. The number of hydrogen-bond acceptors (Lipinski definition) is 3. The minimum Gasteiger partial charge on any atom is -0.347 e. The number of anilines is 1. The second-order valence-electron chi connectivity index (χ2n) is 5.47. The highest BCUT2D eigenvalue weighted by molar-refractivity contribution is 6.34. The van der Waals surface area contributed by atoms with E-state index in [4.69, 9.17) is 17.3 Å². The van der Waals surface area contributed by atoms with E-state index in [9.17, 15) is 9.59 Å². The van der Waals surface area contributed by atoms with Gasteiger partial charge in [0.25, 0.3) is 5.91 Å². The van der Waals surface area contributed by atoms with Gasteiger partial charge in [-0.25, -0.2) is 0 Å². The largest absolute Gasteiger partial charge is 0.347 e. The molecule has 0 aliphatic heterocycles. The van der Waals surface area contributed by atoms with Crippen LogP contribution < -0.4 is 16.4 Å². The minimum absolute atomic E-state index is 0. The molecule has 0 radical (unpaired) electrons. The van der Waals surface area contributed by atoms with Crippen LogP contribution in [0, 0.1) is 0 Å². The second-order valence-corrected chi connectivity index (χ2v) is 5.88. The van der Waals surface area contributed by atoms with Crippen LogP contribution in [0.4, 0.5) is 5.69 Å². The Labute approximate surface area is 142 Å². The van der Waals surface area contributed by atoms with Crippen LogP contribution >= 0.6 is 24.0 Å². The van der Waals surface area contributed by atoms with Crippen molar-refractivity contribution in [2.24, 2.45) is 5.73 Å². The highest BCUT2D eigenvalue weighted by Crippen LogP contribution is 2.22. The molecule has 1 aromatic carbocycles. The van der Waals surface area contributed by atoms with Crippen LogP contribution in [0.1, 0.15) is 44.0 Å². The van der Waals surface area contributed by atoms with Crippen molar-refractivity contribution in [1.82, 2.24) is 5.32 Å². The number of rotatable bonds is 6. The van der Waals surface area contributed by atoms with Crippen molar-refractivity contribution < 1.29 is 9.59 Å². The summed E-state index contributed by atoms with van der Waals surface area (Å²) < 4.78 is 0. The van der Waals surface area contributed by atoms with E-state index in [1.807, 2.05) is 20.8 Å². The van der Waals surface area contributed by atoms with Crippen molar-refractivity contribution in [2.45, 2.75) is 39.2 Å². The quantitative estimate of drug-likeness (QED) is 0.739. The lowest BCUT2D eigenvalue weighted by Gasteiger charge is -2.24. The van der Waals surface area contributed by atoms with Crippen LogP contribution in [-0.4, -0.2) is 23.9 Å². The molecule has 2 amide bonds. The molecule has 0 saturated carbocycles. The molecule has 0 spiro atoms. The van der Waals surface area contributed by atoms with E-state index >= 15 is 0 Å². The number of hydrogen-bond donors (Lipinski definition) is 3. The first-order valence-electron chi connectivity index (χ1n) is 6.91. The lowest BCUT2D eigenvalue weighted by atomic mass is 10.0. The van der Waals surface area contributed by atoms with Crippen molar-refractivity contribution in [3.8, 4) is 0 Å². The molecule has 0 bridgehead atoms. The van der Waals surface area contributed by atoms with Gasteiger partial charge >= 0.3 is 0 Å². The molecule has 0 fully saturated rings. The van der Waals surface area contributed by atoms with Gasteiger partial charge in [0.1, 0.15) is 0 Å². The molecule has 7 heteroatoms. The molecule has 0 aliphatic rings. The van der Waals surface area contributed by atoms with Crippen molar-refractivity contribution in [3.63, 3.8) is 0 Å². The predicted octanol–water partition coefficient (Wildman–Crippen LogP) is 2.97. The van der Waals surface area contributed by atoms with Crippen molar-refractivity contribution >= 4 is 41.5 Å². The van der Waals surface area contributed by atoms with Crippen LogP contribution in [0.25, 0.3) is 0 Å². The van der Waals surface area contributed by atoms with Gasteiger partial charge in [0, 0.05) is 24.2 Å². The summed E-state index contributed by atoms with van der Waals surface area (Å²) in [5.41, 5.74) is 5.94. The van der Waals surface area contributed by atoms with Gasteiger partial charge in [0.15, 0.2) is 0 Å². The number of nitrogens with one attached hydrogen (secondary N) is 2. The third-order valence-corrected chi connectivity index (χ3v) is 3.52. The molecule has 1 aromatic rings. The first-order chi connectivity index (χ1) is 9.79. The van der Waals surface area contributed by atoms with Crippen molar-refractivity contribution in [1.29, 1.82) is 0 Å². The lowest BCUT2D eigenvalue weighted by Crippen LogP contribution is -2.42. The van der Waals surface area contributed by atoms with E-state index in [-0.39, 0.29) is 42.7 Å². The highest BCUT2D eigenvalue weighted by atomic mass is 35.5. The van der Waals surface area contributed by atoms with Crippen molar-refractivity contribution in [2.75, 3.05) is 11.9 Å². The molecule has 5 nitrogen and oxygen atoms in total. The average molecular weight is 348 g/mol. The summed E-state index contributed by atoms with van der Waals surface area (Å²) in [6.45, 7) is 6.17. The Morgan fingerprint density at radius 1 is 1.32 bits per heavy atom. The smallest absolute Gasteiger partial charge is 0.253 e. The fourth-order valence-corrected chi connectivity index (χ4v) is 1.86. The number of nitrogens with two attached hydrogens (primary N) is 1. The minimum atomic E-state index is -0.297. The number of carbonyl (C=O) groups excluding carboxylic acids is 2. The first-order valence-corrected chi connectivity index (χ1v) is 7.29. The zero-order chi connectivity index (χ0) is 16.0. The lowest BCUT2D eigenvalue weighted by molar-refractivity contribution is -0.116. The van der Waals surface area contributed by atoms with Gasteiger partial charge in [0.2, 0.25) is 5.91 Å². The second kappa shape index (κ2) is 8.98. The maximum atomic E-state index is 12.2. The summed E-state index contributed by atoms with van der Waals surface area (Å²) in [5, 5.41) is 5.89. The van der Waals surface area contributed by atoms with Crippen LogP contribution in [0.3, 0.4) is 0 Å². The molecule has 0 aromatic heterocycles. The maximum Gasteiger partial charge on any atom is 0.253 e. The molecular weight excluding hydrogens is 325 g/mol. The van der Waals surface area contributed by atoms with Crippen LogP contribution in [0.5, 0.6) is 0 Å². The Balaban J connectivity index is 0.00000441. The zero-order valence-electron chi connectivity index (χ0n) is 13.0. The van der Waals surface area contributed by atoms with E-state index in [1.54, 1.807) is 18.2 Å². The molecule has 1 rings (SSSR count). The van der Waals surface area contributed by atoms with Crippen LogP contribution in [0.15, 0.2) is 18.2 Å². The Kier molecular flexibility index (Phi) is 8.45. The Morgan fingerprint density at radius 3 is 2.45 bits per heavy atom. The summed E-state index contributed by atoms with van der Waals surface area (Å²) in [6, 6.07) is 4.81. The van der Waals surface area contributed by atoms with E-state index in [0.29, 0.717) is 16.3 Å². The number of carbonyl (C=O) groups is 2. The molecule has 0 heterocycles. The number of benzene rings is 1. The summed E-state index contributed by atoms with van der Waals surface area (Å²) in [4.78, 5) is 23.6. The molecule has 0 atom stereocenters. The first kappa shape index (κ1) is 20.7. The average Bonchev–Trinajstić information content (AvgIpc) is 2.38. The number of halogens is 2. The Bertz CT molecular complexity index is 534. The topological polar surface area (TPSA) is 84.2 Å². The molecule has 124 valence electrons. The van der Waals surface area contributed by atoms with Gasteiger partial charge in [-0.3, -0.25) is 9.59 Å². The van der Waals surface area contributed by atoms with Crippen LogP contribution in [0.2, 0.25) is 5.02 Å². The van der Waals surface area contributed by atoms with E-state index in [1.165, 1.54) is 0 Å². The van der Waals surface area contributed by atoms with Gasteiger partial charge in [0.05, 0.1) is 10.6 Å². The van der Waals surface area contributed by atoms with Gasteiger partial charge in [-0.1, -0.05) is 18.5 Å². The normalized spacial score (nSPS) is 10.6. The fraction of sp³-hybridized carbons (Fsp3) is 0.467. The summed E-state index contributed by atoms with van der Waals surface area (Å²) in [5.74, 6) is -0.412. The van der Waals surface area contributed by atoms with E-state index in [2.05, 4.69) is 10.6 Å². The molecular formula is C15H23Cl2N3O2. The van der Waals surface area contributed by atoms with Gasteiger partial charge < -0.3 is 16.4 Å². The van der Waals surface area contributed by atoms with Crippen LogP contribution in [-0.2, 0) is 4.79 Å². The zero-order valence-corrected chi connectivity index (χ0v) is 14.6. The molecule has 0 saturated heterocycles. The summed E-state index contributed by atoms with van der Waals surface area (Å²) >= 11 is 6.12. The van der Waals surface area contributed by atoms with Gasteiger partial charge in [-0.05, 0) is 38.5 Å². The standard InChI is InChI=1S/C15H22ClN3O2.ClH/c1-4-15(2,3)19-14(21)11-6-5-10(9-12(11)16)18-13(20)7-8-17;/h5-6,9H,4,7-8,17H2,1-3H3,(H,18,20)(H,19,21);1H. The molecule has 0 unspecified atom stereocenters. The van der Waals surface area contributed by atoms with E-state index < -0.39 is 0 Å². The summed E-state index contributed by atoms with van der Waals surface area (Å²) in [7, 11) is 0. The predicted molar refractivity (Wildman–Crippen MR) is 92.8 cm³/mol. The van der Waals surface area contributed by atoms with E-state index in [0.717, 1.165) is 6.42 Å². The van der Waals surface area contributed by atoms with Gasteiger partial charge in [-0.2, -0.15) is 0 Å². The highest BCUT2D eigenvalue weighted by Gasteiger charge is 2.20. The van der Waals surface area contributed by atoms with Crippen molar-refractivity contribution in [3.05, 3.63) is 28.8 Å².